The van der Waals surface area contributed by atoms with E-state index in [-0.39, 0.29) is 31.7 Å². The number of aliphatic hydroxyl groups is 5. The number of cyclic esters (lactones) is 1. The van der Waals surface area contributed by atoms with Gasteiger partial charge in [-0.2, -0.15) is 0 Å². The fourth-order valence-electron chi connectivity index (χ4n) is 9.65. The van der Waals surface area contributed by atoms with Gasteiger partial charge in [0.15, 0.2) is 24.7 Å². The van der Waals surface area contributed by atoms with Crippen molar-refractivity contribution in [3.63, 3.8) is 0 Å². The number of ether oxygens (including phenoxy) is 9. The van der Waals surface area contributed by atoms with E-state index in [1.54, 1.807) is 59.7 Å². The highest BCUT2D eigenvalue weighted by molar-refractivity contribution is 5.92. The lowest BCUT2D eigenvalue weighted by Gasteiger charge is -2.50. The Morgan fingerprint density at radius 1 is 0.833 bits per heavy atom. The summed E-state index contributed by atoms with van der Waals surface area (Å²) in [6, 6.07) is -0.748. The predicted octanol–water partition coefficient (Wildman–Crippen LogP) is 1.55. The van der Waals surface area contributed by atoms with E-state index in [0.29, 0.717) is 24.1 Å². The number of aldehydes is 1. The fourth-order valence-corrected chi connectivity index (χ4v) is 9.65. The van der Waals surface area contributed by atoms with Crippen LogP contribution in [0.1, 0.15) is 87.5 Å². The van der Waals surface area contributed by atoms with E-state index in [0.717, 1.165) is 6.29 Å². The van der Waals surface area contributed by atoms with Gasteiger partial charge in [-0.25, -0.2) is 9.59 Å². The highest BCUT2D eigenvalue weighted by atomic mass is 16.7. The van der Waals surface area contributed by atoms with Crippen molar-refractivity contribution in [1.82, 2.24) is 4.90 Å². The highest BCUT2D eigenvalue weighted by Crippen LogP contribution is 2.37. The summed E-state index contributed by atoms with van der Waals surface area (Å²) in [5.41, 5.74) is -0.806. The Kier molecular flexibility index (Phi) is 25.2. The van der Waals surface area contributed by atoms with Crippen LogP contribution in [0.15, 0.2) is 36.0 Å². The van der Waals surface area contributed by atoms with Gasteiger partial charge >= 0.3 is 17.9 Å². The molecule has 3 fully saturated rings. The zero-order valence-corrected chi connectivity index (χ0v) is 43.5. The van der Waals surface area contributed by atoms with Crippen LogP contribution >= 0.6 is 0 Å². The van der Waals surface area contributed by atoms with Crippen LogP contribution in [0.2, 0.25) is 0 Å². The normalized spacial score (nSPS) is 41.9. The first-order valence-electron chi connectivity index (χ1n) is 24.4. The molecule has 0 aromatic carbocycles. The van der Waals surface area contributed by atoms with Crippen molar-refractivity contribution in [2.24, 2.45) is 23.7 Å². The van der Waals surface area contributed by atoms with Gasteiger partial charge in [0.05, 0.1) is 55.2 Å². The number of rotatable bonds is 15. The number of aliphatic carboxylic acids is 2. The van der Waals surface area contributed by atoms with Gasteiger partial charge in [0.2, 0.25) is 0 Å². The average Bonchev–Trinajstić information content (AvgIpc) is 3.30. The van der Waals surface area contributed by atoms with Gasteiger partial charge in [0, 0.05) is 57.0 Å². The molecule has 0 radical (unpaired) electrons. The number of esters is 1. The third-order valence-electron chi connectivity index (χ3n) is 13.8. The van der Waals surface area contributed by atoms with Gasteiger partial charge in [-0.15, -0.1) is 0 Å². The van der Waals surface area contributed by atoms with Crippen LogP contribution in [0, 0.1) is 23.7 Å². The summed E-state index contributed by atoms with van der Waals surface area (Å²) in [7, 11) is 6.43. The van der Waals surface area contributed by atoms with E-state index in [4.69, 9.17) is 52.8 Å². The number of carboxylic acid groups (broad SMARTS) is 2. The van der Waals surface area contributed by atoms with Gasteiger partial charge < -0.3 is 88.1 Å². The van der Waals surface area contributed by atoms with Gasteiger partial charge in [-0.05, 0) is 73.5 Å². The quantitative estimate of drug-likeness (QED) is 0.0695. The minimum atomic E-state index is -1.49. The molecule has 4 heterocycles. The Bertz CT molecular complexity index is 1820. The minimum Gasteiger partial charge on any atom is -0.478 e. The van der Waals surface area contributed by atoms with Crippen LogP contribution in [0.4, 0.5) is 0 Å². The minimum absolute atomic E-state index is 0.00788. The molecule has 0 aliphatic carbocycles. The van der Waals surface area contributed by atoms with Crippen LogP contribution in [0.3, 0.4) is 0 Å². The maximum atomic E-state index is 13.8. The molecular weight excluding hydrogens is 951 g/mol. The second kappa shape index (κ2) is 28.9. The van der Waals surface area contributed by atoms with Crippen molar-refractivity contribution < 1.29 is 102 Å². The number of likely N-dealkylation sites (N-methyl/N-ethyl adjacent to an activating group) is 1. The molecule has 0 amide bonds. The van der Waals surface area contributed by atoms with Crippen LogP contribution in [-0.4, -0.2) is 209 Å². The molecule has 1 unspecified atom stereocenters. The third kappa shape index (κ3) is 17.5. The molecule has 0 aromatic heterocycles. The zero-order valence-electron chi connectivity index (χ0n) is 43.5. The smallest absolute Gasteiger partial charge is 0.328 e. The van der Waals surface area contributed by atoms with Gasteiger partial charge in [0.25, 0.3) is 0 Å². The molecule has 412 valence electrons. The number of methoxy groups -OCH3 is 2. The van der Waals surface area contributed by atoms with E-state index in [1.165, 1.54) is 27.2 Å². The zero-order chi connectivity index (χ0) is 54.4. The van der Waals surface area contributed by atoms with Crippen molar-refractivity contribution >= 4 is 30.0 Å². The monoisotopic (exact) mass is 1030 g/mol. The number of aliphatic hydroxyl groups excluding tert-OH is 4. The van der Waals surface area contributed by atoms with Crippen molar-refractivity contribution in [3.8, 4) is 0 Å². The summed E-state index contributed by atoms with van der Waals surface area (Å²) >= 11 is 0. The second-order valence-electron chi connectivity index (χ2n) is 19.8. The Morgan fingerprint density at radius 3 is 1.99 bits per heavy atom. The number of nitrogens with zero attached hydrogens (tertiary/aromatic N) is 1. The number of carbonyl (C=O) groups excluding carboxylic acids is 3. The van der Waals surface area contributed by atoms with Crippen LogP contribution in [0.25, 0.3) is 0 Å². The molecule has 4 aliphatic heterocycles. The number of hydrogen-bond donors (Lipinski definition) is 7. The second-order valence-corrected chi connectivity index (χ2v) is 19.8. The first-order valence-corrected chi connectivity index (χ1v) is 24.4. The summed E-state index contributed by atoms with van der Waals surface area (Å²) in [5, 5.41) is 71.4. The molecule has 21 atom stereocenters. The van der Waals surface area contributed by atoms with Crippen molar-refractivity contribution in [3.05, 3.63) is 36.0 Å². The molecule has 0 spiro atoms. The highest BCUT2D eigenvalue weighted by Gasteiger charge is 2.52. The SMILES string of the molecule is CC[C@H]1OC(=O)C[C@@H](O)[C@H](C)[C@@H](O[C@@H]2O[C@H](C)[C@@H](O[C@H]3C[C@@](C)(O)[C@@H](O)[C@H](C)O3)[C@H](N(C)C)[C@H]2O)[C@@H](CC=O)C[C@@H](C)C(=O)/C=C/C(C)=C/C1CO[C@@H]1O[C@H](C)[C@@H](O)[C@@H](OC)[C@H]1OC.O=C(O)/C=C\C(=O)O. The maximum Gasteiger partial charge on any atom is 0.328 e. The first kappa shape index (κ1) is 62.7. The first-order chi connectivity index (χ1) is 33.7. The fraction of sp³-hybridized carbons (Fsp3) is 0.780. The number of ketones is 1. The summed E-state index contributed by atoms with van der Waals surface area (Å²) in [4.78, 5) is 60.6. The Morgan fingerprint density at radius 2 is 1.44 bits per heavy atom. The van der Waals surface area contributed by atoms with Crippen molar-refractivity contribution in [2.75, 3.05) is 34.9 Å². The van der Waals surface area contributed by atoms with Gasteiger partial charge in [0.1, 0.15) is 49.0 Å². The lowest BCUT2D eigenvalue weighted by molar-refractivity contribution is -0.341. The lowest BCUT2D eigenvalue weighted by atomic mass is 9.79. The van der Waals surface area contributed by atoms with Gasteiger partial charge in [-0.1, -0.05) is 38.5 Å². The van der Waals surface area contributed by atoms with Gasteiger partial charge in [-0.3, -0.25) is 9.59 Å². The molecular formula is C50H81NO21. The average molecular weight is 1030 g/mol. The Balaban J connectivity index is 0.00000157. The van der Waals surface area contributed by atoms with Crippen molar-refractivity contribution in [1.29, 1.82) is 0 Å². The molecule has 0 aromatic rings. The third-order valence-corrected chi connectivity index (χ3v) is 13.8. The number of carbonyl (C=O) groups is 5. The topological polar surface area (TPSA) is 313 Å². The molecule has 22 heteroatoms. The van der Waals surface area contributed by atoms with E-state index < -0.39 is 152 Å². The maximum absolute atomic E-state index is 13.8. The van der Waals surface area contributed by atoms with E-state index in [9.17, 15) is 49.5 Å². The molecule has 4 rings (SSSR count). The van der Waals surface area contributed by atoms with E-state index >= 15 is 0 Å². The predicted molar refractivity (Wildman–Crippen MR) is 255 cm³/mol. The summed E-state index contributed by atoms with van der Waals surface area (Å²) in [6.07, 6.45) is -7.37. The molecule has 0 saturated carbocycles. The van der Waals surface area contributed by atoms with Crippen LogP contribution in [-0.2, 0) is 66.6 Å². The molecule has 72 heavy (non-hydrogen) atoms. The Labute approximate surface area is 422 Å². The molecule has 22 nitrogen and oxygen atoms in total. The summed E-state index contributed by atoms with van der Waals surface area (Å²) < 4.78 is 54.7. The van der Waals surface area contributed by atoms with Crippen LogP contribution < -0.4 is 0 Å². The molecule has 7 N–H and O–H groups in total. The lowest BCUT2D eigenvalue weighted by Crippen LogP contribution is -2.65. The number of hydrogen-bond acceptors (Lipinski definition) is 20. The number of allylic oxidation sites excluding steroid dienone is 3. The Hall–Kier alpha value is -3.59. The molecule has 0 bridgehead atoms. The number of carboxylic acids is 2. The summed E-state index contributed by atoms with van der Waals surface area (Å²) in [5.74, 6) is -6.10. The molecule has 4 aliphatic rings. The summed E-state index contributed by atoms with van der Waals surface area (Å²) in [6.45, 7) is 13.6. The largest absolute Gasteiger partial charge is 0.478 e. The van der Waals surface area contributed by atoms with Crippen LogP contribution in [0.5, 0.6) is 0 Å². The van der Waals surface area contributed by atoms with Crippen molar-refractivity contribution in [2.45, 2.75) is 191 Å². The van der Waals surface area contributed by atoms with E-state index in [2.05, 4.69) is 0 Å². The standard InChI is InChI=1S/C46H77NO17.C4H4O4/c1-13-33-30(22-58-45-42(57-12)41(56-11)37(52)26(5)60-45)18-23(2)14-15-31(49)24(3)19-29(16-17-48)39(25(4)32(50)20-34(51)62-33)64-44-38(53)36(47(9)10)40(27(6)61-44)63-35-21-46(8,55)43(54)28(7)59-35;5-3(6)1-2-4(7)8/h14-15,17-18,24-30,32-33,35-45,50,52-55H,13,16,19-22H2,1-12H3;1-2H,(H,5,6)(H,7,8)/b15-14+,23-18+;2-1-/t24-,25+,26-,27-,28+,29+,30?,32-,33-,35+,36-,37-,38-,39-,40-,41-,42-,43+,44+,45-,46-;/m1./s1. The van der Waals surface area contributed by atoms with E-state index in [1.807, 2.05) is 19.9 Å². The molecule has 3 saturated heterocycles.